The summed E-state index contributed by atoms with van der Waals surface area (Å²) in [4.78, 5) is 0. The van der Waals surface area contributed by atoms with Gasteiger partial charge in [0.15, 0.2) is 0 Å². The van der Waals surface area contributed by atoms with E-state index in [1.54, 1.807) is 0 Å². The number of hydrogen-bond donors (Lipinski definition) is 0. The highest BCUT2D eigenvalue weighted by atomic mass is 79.9. The molecular formula is C19H39BrOSi4. The number of rotatable bonds is 7. The van der Waals surface area contributed by atoms with Crippen LogP contribution in [0.2, 0.25) is 62.8 Å². The Bertz CT molecular complexity index is 536. The van der Waals surface area contributed by atoms with Crippen LogP contribution in [0.4, 0.5) is 0 Å². The number of halogens is 1. The maximum Gasteiger partial charge on any atom is 0.268 e. The zero-order valence-electron chi connectivity index (χ0n) is 18.3. The molecule has 0 heterocycles. The minimum Gasteiger partial charge on any atom is -0.409 e. The predicted molar refractivity (Wildman–Crippen MR) is 129 cm³/mol. The standard InChI is InChI=1S/C19H39BrOSi4/c1-17(18-15-13-12-14-16-18)25(20,21-2)19(22(3,4)5,23(6,7)8)24(9,10)11/h12-17H,1-11H3. The Kier molecular flexibility index (Phi) is 7.08. The zero-order valence-corrected chi connectivity index (χ0v) is 23.8. The van der Waals surface area contributed by atoms with Gasteiger partial charge in [0.05, 0.1) is 0 Å². The van der Waals surface area contributed by atoms with Crippen molar-refractivity contribution in [2.75, 3.05) is 7.11 Å². The Morgan fingerprint density at radius 3 is 1.44 bits per heavy atom. The zero-order chi connectivity index (χ0) is 19.9. The summed E-state index contributed by atoms with van der Waals surface area (Å²) in [5.41, 5.74) is 1.86. The molecule has 0 aliphatic carbocycles. The molecule has 0 aliphatic heterocycles. The lowest BCUT2D eigenvalue weighted by atomic mass is 10.2. The lowest BCUT2D eigenvalue weighted by Crippen LogP contribution is -2.77. The molecule has 0 amide bonds. The molecule has 0 saturated heterocycles. The van der Waals surface area contributed by atoms with Crippen molar-refractivity contribution >= 4 is 46.5 Å². The molecule has 0 radical (unpaired) electrons. The average molecular weight is 476 g/mol. The minimum atomic E-state index is -2.26. The number of hydrogen-bond acceptors (Lipinski definition) is 1. The van der Waals surface area contributed by atoms with Gasteiger partial charge in [0, 0.05) is 36.9 Å². The lowest BCUT2D eigenvalue weighted by Gasteiger charge is -2.65. The molecule has 0 N–H and O–H groups in total. The summed E-state index contributed by atoms with van der Waals surface area (Å²) in [5.74, 6) is 0. The Labute approximate surface area is 168 Å². The normalized spacial score (nSPS) is 17.9. The summed E-state index contributed by atoms with van der Waals surface area (Å²) in [7, 11) is -2.66. The molecule has 1 nitrogen and oxygen atoms in total. The molecule has 25 heavy (non-hydrogen) atoms. The first kappa shape index (κ1) is 23.6. The second-order valence-corrected chi connectivity index (χ2v) is 36.1. The third-order valence-electron chi connectivity index (χ3n) is 6.04. The molecular weight excluding hydrogens is 436 g/mol. The van der Waals surface area contributed by atoms with E-state index in [2.05, 4.69) is 111 Å². The third kappa shape index (κ3) is 3.76. The van der Waals surface area contributed by atoms with Gasteiger partial charge in [0.1, 0.15) is 0 Å². The molecule has 6 heteroatoms. The van der Waals surface area contributed by atoms with Crippen LogP contribution < -0.4 is 0 Å². The quantitative estimate of drug-likeness (QED) is 0.300. The van der Waals surface area contributed by atoms with Gasteiger partial charge in [-0.25, -0.2) is 0 Å². The Hall–Kier alpha value is 0.528. The van der Waals surface area contributed by atoms with Gasteiger partial charge in [0.25, 0.3) is 6.94 Å². The van der Waals surface area contributed by atoms with E-state index in [9.17, 15) is 0 Å². The fourth-order valence-electron chi connectivity index (χ4n) is 6.52. The number of benzene rings is 1. The van der Waals surface area contributed by atoms with Gasteiger partial charge in [-0.1, -0.05) is 111 Å². The van der Waals surface area contributed by atoms with Crippen LogP contribution in [-0.4, -0.2) is 38.3 Å². The van der Waals surface area contributed by atoms with Crippen molar-refractivity contribution in [2.45, 2.75) is 75.3 Å². The predicted octanol–water partition coefficient (Wildman–Crippen LogP) is 7.19. The van der Waals surface area contributed by atoms with Gasteiger partial charge >= 0.3 is 0 Å². The van der Waals surface area contributed by atoms with Crippen LogP contribution in [0.3, 0.4) is 0 Å². The molecule has 0 bridgehead atoms. The molecule has 144 valence electrons. The maximum atomic E-state index is 6.66. The van der Waals surface area contributed by atoms with E-state index in [1.165, 1.54) is 5.56 Å². The SMILES string of the molecule is CO[Si](Br)(C(C)c1ccccc1)C([Si](C)(C)C)([Si](C)(C)C)[Si](C)(C)C. The Morgan fingerprint density at radius 2 is 1.16 bits per heavy atom. The molecule has 1 rings (SSSR count). The smallest absolute Gasteiger partial charge is 0.268 e. The first-order valence-corrected chi connectivity index (χ1v) is 24.1. The van der Waals surface area contributed by atoms with E-state index in [4.69, 9.17) is 4.43 Å². The molecule has 0 aliphatic rings. The van der Waals surface area contributed by atoms with E-state index in [0.29, 0.717) is 9.45 Å². The van der Waals surface area contributed by atoms with E-state index in [0.717, 1.165) is 0 Å². The summed E-state index contributed by atoms with van der Waals surface area (Å²) in [6.45, 7) is 23.6. The highest BCUT2D eigenvalue weighted by Gasteiger charge is 2.72. The first-order chi connectivity index (χ1) is 11.1. The summed E-state index contributed by atoms with van der Waals surface area (Å²) in [5, 5.41) is 0. The summed E-state index contributed by atoms with van der Waals surface area (Å²) < 4.78 is 7.05. The Morgan fingerprint density at radius 1 is 0.800 bits per heavy atom. The molecule has 1 aromatic rings. The van der Waals surface area contributed by atoms with Gasteiger partial charge in [0.2, 0.25) is 0 Å². The molecule has 0 fully saturated rings. The van der Waals surface area contributed by atoms with E-state index < -0.39 is 31.2 Å². The van der Waals surface area contributed by atoms with Crippen LogP contribution in [0.15, 0.2) is 30.3 Å². The largest absolute Gasteiger partial charge is 0.409 e. The van der Waals surface area contributed by atoms with Crippen molar-refractivity contribution in [3.05, 3.63) is 35.9 Å². The average Bonchev–Trinajstić information content (AvgIpc) is 2.42. The van der Waals surface area contributed by atoms with Gasteiger partial charge in [-0.15, -0.1) is 0 Å². The van der Waals surface area contributed by atoms with Gasteiger partial charge in [-0.2, -0.15) is 0 Å². The van der Waals surface area contributed by atoms with Gasteiger partial charge in [-0.05, 0) is 9.47 Å². The minimum absolute atomic E-state index is 0.393. The van der Waals surface area contributed by atoms with Crippen molar-refractivity contribution in [3.63, 3.8) is 0 Å². The van der Waals surface area contributed by atoms with E-state index >= 15 is 0 Å². The molecule has 2 unspecified atom stereocenters. The van der Waals surface area contributed by atoms with Crippen LogP contribution >= 0.6 is 15.3 Å². The van der Waals surface area contributed by atoms with Crippen LogP contribution in [0, 0.1) is 0 Å². The fourth-order valence-corrected chi connectivity index (χ4v) is 67.4. The van der Waals surface area contributed by atoms with Crippen molar-refractivity contribution in [3.8, 4) is 0 Å². The lowest BCUT2D eigenvalue weighted by molar-refractivity contribution is 0.400. The van der Waals surface area contributed by atoms with Crippen molar-refractivity contribution < 1.29 is 4.43 Å². The monoisotopic (exact) mass is 474 g/mol. The molecule has 0 spiro atoms. The summed E-state index contributed by atoms with van der Waals surface area (Å²) in [6, 6.07) is 11.0. The highest BCUT2D eigenvalue weighted by molar-refractivity contribution is 9.26. The van der Waals surface area contributed by atoms with Crippen molar-refractivity contribution in [1.82, 2.24) is 0 Å². The molecule has 2 atom stereocenters. The van der Waals surface area contributed by atoms with Crippen LogP contribution in [0.25, 0.3) is 0 Å². The highest BCUT2D eigenvalue weighted by Crippen LogP contribution is 2.64. The molecule has 0 saturated carbocycles. The fraction of sp³-hybridized carbons (Fsp3) is 0.684. The van der Waals surface area contributed by atoms with Crippen molar-refractivity contribution in [1.29, 1.82) is 0 Å². The van der Waals surface area contributed by atoms with Crippen LogP contribution in [0.5, 0.6) is 0 Å². The van der Waals surface area contributed by atoms with Crippen LogP contribution in [0.1, 0.15) is 18.0 Å². The summed E-state index contributed by atoms with van der Waals surface area (Å²) >= 11 is 4.44. The molecule has 0 aromatic heterocycles. The second-order valence-electron chi connectivity index (χ2n) is 10.5. The van der Waals surface area contributed by atoms with E-state index in [1.807, 2.05) is 7.11 Å². The van der Waals surface area contributed by atoms with Crippen molar-refractivity contribution in [2.24, 2.45) is 0 Å². The third-order valence-corrected chi connectivity index (χ3v) is 47.6. The second kappa shape index (κ2) is 7.51. The molecule has 1 aromatic carbocycles. The summed E-state index contributed by atoms with van der Waals surface area (Å²) in [6.07, 6.45) is 0. The first-order valence-electron chi connectivity index (χ1n) is 9.37. The van der Waals surface area contributed by atoms with Crippen LogP contribution in [-0.2, 0) is 4.43 Å². The van der Waals surface area contributed by atoms with E-state index in [-0.39, 0.29) is 0 Å². The topological polar surface area (TPSA) is 9.23 Å². The van der Waals surface area contributed by atoms with Gasteiger partial charge < -0.3 is 4.43 Å². The Balaban J connectivity index is 3.88. The van der Waals surface area contributed by atoms with Gasteiger partial charge in [-0.3, -0.25) is 0 Å². The maximum absolute atomic E-state index is 6.66.